The van der Waals surface area contributed by atoms with E-state index in [1.807, 2.05) is 0 Å². The Bertz CT molecular complexity index is 1110. The van der Waals surface area contributed by atoms with E-state index in [9.17, 15) is 14.4 Å². The first-order valence-corrected chi connectivity index (χ1v) is 34.0. The second-order valence-corrected chi connectivity index (χ2v) is 23.5. The molecule has 0 bridgehead atoms. The van der Waals surface area contributed by atoms with E-state index in [0.29, 0.717) is 19.3 Å². The normalized spacial score (nSPS) is 11.9. The van der Waals surface area contributed by atoms with Gasteiger partial charge in [0.2, 0.25) is 0 Å². The minimum atomic E-state index is -0.761. The third-order valence-electron chi connectivity index (χ3n) is 15.9. The van der Waals surface area contributed by atoms with Gasteiger partial charge in [0.25, 0.3) is 0 Å². The number of carbonyl (C=O) groups excluding carboxylic acids is 3. The number of hydrogen-bond donors (Lipinski definition) is 0. The van der Waals surface area contributed by atoms with Crippen molar-refractivity contribution in [3.05, 3.63) is 0 Å². The Balaban J connectivity index is 3.90. The minimum Gasteiger partial charge on any atom is -0.462 e. The van der Waals surface area contributed by atoms with Crippen molar-refractivity contribution in [2.24, 2.45) is 0 Å². The van der Waals surface area contributed by atoms with Crippen LogP contribution in [-0.2, 0) is 28.6 Å². The average molecular weight is 1050 g/mol. The maximum atomic E-state index is 12.8. The average Bonchev–Trinajstić information content (AvgIpc) is 3.40. The lowest BCUT2D eigenvalue weighted by molar-refractivity contribution is -0.167. The second-order valence-electron chi connectivity index (χ2n) is 23.5. The van der Waals surface area contributed by atoms with Gasteiger partial charge in [0, 0.05) is 19.3 Å². The maximum Gasteiger partial charge on any atom is 0.306 e. The van der Waals surface area contributed by atoms with E-state index in [0.717, 1.165) is 57.8 Å². The molecule has 0 aliphatic rings. The van der Waals surface area contributed by atoms with E-state index in [4.69, 9.17) is 14.2 Å². The summed E-state index contributed by atoms with van der Waals surface area (Å²) in [5.41, 5.74) is 0. The molecule has 0 spiro atoms. The Labute approximate surface area is 463 Å². The third-order valence-corrected chi connectivity index (χ3v) is 15.9. The Hall–Kier alpha value is -1.59. The van der Waals surface area contributed by atoms with E-state index < -0.39 is 6.10 Å². The predicted molar refractivity (Wildman–Crippen MR) is 321 cm³/mol. The van der Waals surface area contributed by atoms with Crippen molar-refractivity contribution >= 4 is 17.9 Å². The summed E-state index contributed by atoms with van der Waals surface area (Å²) in [5.74, 6) is -0.838. The first-order valence-electron chi connectivity index (χ1n) is 34.0. The van der Waals surface area contributed by atoms with E-state index in [1.165, 1.54) is 302 Å². The van der Waals surface area contributed by atoms with Crippen molar-refractivity contribution in [1.29, 1.82) is 0 Å². The molecule has 0 radical (unpaired) electrons. The van der Waals surface area contributed by atoms with Crippen LogP contribution in [0.15, 0.2) is 0 Å². The number of rotatable bonds is 64. The van der Waals surface area contributed by atoms with Crippen molar-refractivity contribution in [2.45, 2.75) is 406 Å². The summed E-state index contributed by atoms with van der Waals surface area (Å²) >= 11 is 0. The Morgan fingerprint density at radius 1 is 0.216 bits per heavy atom. The zero-order valence-corrected chi connectivity index (χ0v) is 50.7. The van der Waals surface area contributed by atoms with Crippen LogP contribution in [0.5, 0.6) is 0 Å². The summed E-state index contributed by atoms with van der Waals surface area (Å²) in [7, 11) is 0. The molecule has 1 atom stereocenters. The largest absolute Gasteiger partial charge is 0.462 e. The standard InChI is InChI=1S/C68H132O6/c1-4-7-10-13-16-18-20-22-24-26-27-28-29-30-31-32-33-34-35-36-37-38-39-40-41-42-44-45-47-49-52-55-58-61-67(70)73-64-65(63-72-66(69)60-57-54-51-15-12-9-6-3)74-68(71)62-59-56-53-50-48-46-43-25-23-21-19-17-14-11-8-5-2/h65H,4-64H2,1-3H3. The molecule has 0 saturated carbocycles. The van der Waals surface area contributed by atoms with Gasteiger partial charge in [0.05, 0.1) is 0 Å². The molecule has 0 aliphatic carbocycles. The summed E-state index contributed by atoms with van der Waals surface area (Å²) in [6.45, 7) is 6.68. The van der Waals surface area contributed by atoms with Gasteiger partial charge in [-0.3, -0.25) is 14.4 Å². The monoisotopic (exact) mass is 1050 g/mol. The summed E-state index contributed by atoms with van der Waals surface area (Å²) in [5, 5.41) is 0. The highest BCUT2D eigenvalue weighted by Gasteiger charge is 2.19. The minimum absolute atomic E-state index is 0.0616. The van der Waals surface area contributed by atoms with Crippen LogP contribution in [0.25, 0.3) is 0 Å². The first-order chi connectivity index (χ1) is 36.5. The quantitative estimate of drug-likeness (QED) is 0.0343. The number of unbranched alkanes of at least 4 members (excludes halogenated alkanes) is 53. The second kappa shape index (κ2) is 63.9. The SMILES string of the molecule is CCCCCCCCCCCCCCCCCCCCCCCCCCCCCCCCCCCC(=O)OCC(COC(=O)CCCCCCCCC)OC(=O)CCCCCCCCCCCCCCCCCC. The van der Waals surface area contributed by atoms with E-state index in [1.54, 1.807) is 0 Å². The van der Waals surface area contributed by atoms with Gasteiger partial charge in [0.1, 0.15) is 13.2 Å². The van der Waals surface area contributed by atoms with Gasteiger partial charge in [-0.2, -0.15) is 0 Å². The zero-order chi connectivity index (χ0) is 53.6. The fourth-order valence-electron chi connectivity index (χ4n) is 10.7. The van der Waals surface area contributed by atoms with Gasteiger partial charge in [-0.1, -0.05) is 361 Å². The highest BCUT2D eigenvalue weighted by atomic mass is 16.6. The summed E-state index contributed by atoms with van der Waals surface area (Å²) < 4.78 is 16.9. The van der Waals surface area contributed by atoms with Crippen LogP contribution in [0.2, 0.25) is 0 Å². The lowest BCUT2D eigenvalue weighted by Gasteiger charge is -2.18. The fraction of sp³-hybridized carbons (Fsp3) is 0.956. The molecule has 0 aromatic heterocycles. The Morgan fingerprint density at radius 3 is 0.541 bits per heavy atom. The lowest BCUT2D eigenvalue weighted by Crippen LogP contribution is -2.30. The number of esters is 3. The highest BCUT2D eigenvalue weighted by Crippen LogP contribution is 2.19. The van der Waals surface area contributed by atoms with Crippen molar-refractivity contribution < 1.29 is 28.6 Å². The van der Waals surface area contributed by atoms with Gasteiger partial charge >= 0.3 is 17.9 Å². The Morgan fingerprint density at radius 2 is 0.365 bits per heavy atom. The van der Waals surface area contributed by atoms with Crippen LogP contribution >= 0.6 is 0 Å². The number of hydrogen-bond acceptors (Lipinski definition) is 6. The molecule has 0 rings (SSSR count). The van der Waals surface area contributed by atoms with Crippen LogP contribution in [0.4, 0.5) is 0 Å². The van der Waals surface area contributed by atoms with Crippen molar-refractivity contribution in [3.63, 3.8) is 0 Å². The maximum absolute atomic E-state index is 12.8. The first kappa shape index (κ1) is 72.4. The molecule has 0 N–H and O–H groups in total. The molecule has 0 saturated heterocycles. The third kappa shape index (κ3) is 61.3. The van der Waals surface area contributed by atoms with Crippen molar-refractivity contribution in [2.75, 3.05) is 13.2 Å². The molecule has 0 aromatic carbocycles. The highest BCUT2D eigenvalue weighted by molar-refractivity contribution is 5.71. The molecule has 6 nitrogen and oxygen atoms in total. The van der Waals surface area contributed by atoms with Crippen LogP contribution in [0.3, 0.4) is 0 Å². The smallest absolute Gasteiger partial charge is 0.306 e. The van der Waals surface area contributed by atoms with E-state index in [-0.39, 0.29) is 31.1 Å². The van der Waals surface area contributed by atoms with Crippen LogP contribution in [0.1, 0.15) is 400 Å². The molecular formula is C68H132O6. The van der Waals surface area contributed by atoms with Gasteiger partial charge in [-0.15, -0.1) is 0 Å². The molecule has 6 heteroatoms. The fourth-order valence-corrected chi connectivity index (χ4v) is 10.7. The van der Waals surface area contributed by atoms with Gasteiger partial charge in [-0.05, 0) is 19.3 Å². The predicted octanol–water partition coefficient (Wildman–Crippen LogP) is 23.1. The number of ether oxygens (including phenoxy) is 3. The van der Waals surface area contributed by atoms with Gasteiger partial charge in [0.15, 0.2) is 6.10 Å². The summed E-state index contributed by atoms with van der Waals surface area (Å²) in [4.78, 5) is 38.0. The van der Waals surface area contributed by atoms with Crippen LogP contribution in [-0.4, -0.2) is 37.2 Å². The summed E-state index contributed by atoms with van der Waals surface area (Å²) in [6, 6.07) is 0. The molecular weight excluding hydrogens is 913 g/mol. The van der Waals surface area contributed by atoms with E-state index in [2.05, 4.69) is 20.8 Å². The Kier molecular flexibility index (Phi) is 62.6. The molecule has 0 fully saturated rings. The van der Waals surface area contributed by atoms with Crippen molar-refractivity contribution in [3.8, 4) is 0 Å². The van der Waals surface area contributed by atoms with Gasteiger partial charge < -0.3 is 14.2 Å². The van der Waals surface area contributed by atoms with E-state index >= 15 is 0 Å². The molecule has 440 valence electrons. The zero-order valence-electron chi connectivity index (χ0n) is 50.7. The molecule has 1 unspecified atom stereocenters. The van der Waals surface area contributed by atoms with Gasteiger partial charge in [-0.25, -0.2) is 0 Å². The van der Waals surface area contributed by atoms with Crippen molar-refractivity contribution in [1.82, 2.24) is 0 Å². The molecule has 0 heterocycles. The molecule has 0 amide bonds. The lowest BCUT2D eigenvalue weighted by atomic mass is 10.0. The number of carbonyl (C=O) groups is 3. The molecule has 0 aromatic rings. The van der Waals surface area contributed by atoms with Crippen LogP contribution < -0.4 is 0 Å². The summed E-state index contributed by atoms with van der Waals surface area (Å²) in [6.07, 6.45) is 74.6. The molecule has 0 aliphatic heterocycles. The topological polar surface area (TPSA) is 78.9 Å². The van der Waals surface area contributed by atoms with Crippen LogP contribution in [0, 0.1) is 0 Å². The molecule has 74 heavy (non-hydrogen) atoms.